The number of hydrogen-bond acceptors (Lipinski definition) is 5. The minimum absolute atomic E-state index is 0.735. The van der Waals surface area contributed by atoms with Crippen molar-refractivity contribution in [2.75, 3.05) is 31.1 Å². The molecule has 1 saturated carbocycles. The third-order valence-electron chi connectivity index (χ3n) is 5.58. The van der Waals surface area contributed by atoms with Gasteiger partial charge in [-0.2, -0.15) is 0 Å². The summed E-state index contributed by atoms with van der Waals surface area (Å²) in [5.74, 6) is 2.87. The second kappa shape index (κ2) is 7.09. The standard InChI is InChI=1S/C20H23ClN6/c21-19-16(6-8-27-18(13-15-4-5-15)23-24-20(19)27)14-25-9-11-26(12-10-25)17-3-1-2-7-22-17/h1-3,6-8,15H,4-5,9-14H2. The maximum atomic E-state index is 6.68. The first-order valence-electron chi connectivity index (χ1n) is 9.67. The Morgan fingerprint density at radius 2 is 1.89 bits per heavy atom. The average molecular weight is 383 g/mol. The monoisotopic (exact) mass is 382 g/mol. The Balaban J connectivity index is 1.27. The van der Waals surface area contributed by atoms with E-state index < -0.39 is 0 Å². The van der Waals surface area contributed by atoms with Gasteiger partial charge in [-0.3, -0.25) is 9.30 Å². The van der Waals surface area contributed by atoms with Gasteiger partial charge in [0.1, 0.15) is 11.6 Å². The molecule has 27 heavy (non-hydrogen) atoms. The summed E-state index contributed by atoms with van der Waals surface area (Å²) in [6, 6.07) is 8.20. The third-order valence-corrected chi connectivity index (χ3v) is 5.99. The first kappa shape index (κ1) is 17.0. The highest BCUT2D eigenvalue weighted by molar-refractivity contribution is 6.34. The number of pyridine rings is 2. The maximum Gasteiger partial charge on any atom is 0.179 e. The molecule has 1 aliphatic heterocycles. The number of fused-ring (bicyclic) bond motifs is 1. The van der Waals surface area contributed by atoms with E-state index in [4.69, 9.17) is 11.6 Å². The summed E-state index contributed by atoms with van der Waals surface area (Å²) in [5.41, 5.74) is 1.91. The van der Waals surface area contributed by atoms with Gasteiger partial charge in [-0.15, -0.1) is 10.2 Å². The molecule has 0 radical (unpaired) electrons. The SMILES string of the molecule is Clc1c(CN2CCN(c3ccccn3)CC2)ccn2c(CC3CC3)nnc12. The molecule has 7 heteroatoms. The molecule has 2 fully saturated rings. The minimum Gasteiger partial charge on any atom is -0.354 e. The summed E-state index contributed by atoms with van der Waals surface area (Å²) in [7, 11) is 0. The topological polar surface area (TPSA) is 49.6 Å². The Kier molecular flexibility index (Phi) is 4.45. The van der Waals surface area contributed by atoms with E-state index in [1.54, 1.807) is 0 Å². The van der Waals surface area contributed by atoms with Crippen LogP contribution in [0.2, 0.25) is 5.02 Å². The van der Waals surface area contributed by atoms with Crippen LogP contribution in [0, 0.1) is 5.92 Å². The maximum absolute atomic E-state index is 6.68. The lowest BCUT2D eigenvalue weighted by Crippen LogP contribution is -2.46. The Labute approximate surface area is 163 Å². The van der Waals surface area contributed by atoms with E-state index in [1.165, 1.54) is 12.8 Å². The number of nitrogens with zero attached hydrogens (tertiary/aromatic N) is 6. The van der Waals surface area contributed by atoms with Gasteiger partial charge in [0.05, 0.1) is 5.02 Å². The van der Waals surface area contributed by atoms with Crippen LogP contribution in [0.1, 0.15) is 24.2 Å². The molecule has 1 saturated heterocycles. The zero-order valence-electron chi connectivity index (χ0n) is 15.3. The highest BCUT2D eigenvalue weighted by Gasteiger charge is 2.25. The van der Waals surface area contributed by atoms with Crippen LogP contribution >= 0.6 is 11.6 Å². The zero-order chi connectivity index (χ0) is 18.2. The van der Waals surface area contributed by atoms with Crippen LogP contribution in [0.15, 0.2) is 36.7 Å². The molecular formula is C20H23ClN6. The van der Waals surface area contributed by atoms with Crippen LogP contribution in [0.3, 0.4) is 0 Å². The zero-order valence-corrected chi connectivity index (χ0v) is 16.0. The first-order chi connectivity index (χ1) is 13.3. The first-order valence-corrected chi connectivity index (χ1v) is 10.0. The fraction of sp³-hybridized carbons (Fsp3) is 0.450. The van der Waals surface area contributed by atoms with Crippen LogP contribution in [0.25, 0.3) is 5.65 Å². The van der Waals surface area contributed by atoms with E-state index >= 15 is 0 Å². The molecule has 0 bridgehead atoms. The van der Waals surface area contributed by atoms with Crippen molar-refractivity contribution in [1.29, 1.82) is 0 Å². The van der Waals surface area contributed by atoms with Gasteiger partial charge in [0.2, 0.25) is 0 Å². The number of hydrogen-bond donors (Lipinski definition) is 0. The van der Waals surface area contributed by atoms with E-state index in [-0.39, 0.29) is 0 Å². The molecule has 0 N–H and O–H groups in total. The van der Waals surface area contributed by atoms with Crippen LogP contribution in [0.4, 0.5) is 5.82 Å². The van der Waals surface area contributed by atoms with Crippen molar-refractivity contribution in [1.82, 2.24) is 24.5 Å². The van der Waals surface area contributed by atoms with E-state index in [2.05, 4.69) is 47.7 Å². The van der Waals surface area contributed by atoms with Gasteiger partial charge >= 0.3 is 0 Å². The highest BCUT2D eigenvalue weighted by atomic mass is 35.5. The minimum atomic E-state index is 0.735. The van der Waals surface area contributed by atoms with Crippen LogP contribution in [-0.2, 0) is 13.0 Å². The molecule has 5 rings (SSSR count). The molecule has 3 aromatic rings. The van der Waals surface area contributed by atoms with Crippen LogP contribution in [0.5, 0.6) is 0 Å². The van der Waals surface area contributed by atoms with Gasteiger partial charge in [-0.25, -0.2) is 4.98 Å². The summed E-state index contributed by atoms with van der Waals surface area (Å²) in [6.07, 6.45) is 7.56. The van der Waals surface area contributed by atoms with Gasteiger partial charge in [0.15, 0.2) is 5.65 Å². The number of rotatable bonds is 5. The Morgan fingerprint density at radius 1 is 1.04 bits per heavy atom. The fourth-order valence-corrected chi connectivity index (χ4v) is 4.02. The summed E-state index contributed by atoms with van der Waals surface area (Å²) in [6.45, 7) is 4.80. The fourth-order valence-electron chi connectivity index (χ4n) is 3.77. The quantitative estimate of drug-likeness (QED) is 0.678. The van der Waals surface area contributed by atoms with Crippen LogP contribution < -0.4 is 4.90 Å². The van der Waals surface area contributed by atoms with Gasteiger partial charge in [0, 0.05) is 51.5 Å². The number of aromatic nitrogens is 4. The van der Waals surface area contributed by atoms with Gasteiger partial charge in [0.25, 0.3) is 0 Å². The van der Waals surface area contributed by atoms with Gasteiger partial charge < -0.3 is 4.90 Å². The van der Waals surface area contributed by atoms with Gasteiger partial charge in [-0.05, 0) is 42.5 Å². The Hall–Kier alpha value is -2.18. The van der Waals surface area contributed by atoms with Crippen molar-refractivity contribution in [2.45, 2.75) is 25.8 Å². The van der Waals surface area contributed by atoms with E-state index in [9.17, 15) is 0 Å². The van der Waals surface area contributed by atoms with E-state index in [1.807, 2.05) is 18.3 Å². The van der Waals surface area contributed by atoms with Crippen LogP contribution in [-0.4, -0.2) is 50.7 Å². The summed E-state index contributed by atoms with van der Waals surface area (Å²) >= 11 is 6.68. The molecule has 0 spiro atoms. The van der Waals surface area contributed by atoms with Crippen molar-refractivity contribution in [3.05, 3.63) is 53.1 Å². The molecule has 2 aliphatic rings. The third kappa shape index (κ3) is 3.51. The van der Waals surface area contributed by atoms with Crippen molar-refractivity contribution in [3.63, 3.8) is 0 Å². The lowest BCUT2D eigenvalue weighted by atomic mass is 10.2. The van der Waals surface area contributed by atoms with E-state index in [0.717, 1.165) is 72.9 Å². The summed E-state index contributed by atoms with van der Waals surface area (Å²) in [5, 5.41) is 9.45. The molecule has 140 valence electrons. The molecule has 6 nitrogen and oxygen atoms in total. The molecule has 4 heterocycles. The van der Waals surface area contributed by atoms with Crippen molar-refractivity contribution >= 4 is 23.1 Å². The number of anilines is 1. The molecule has 3 aromatic heterocycles. The molecule has 0 unspecified atom stereocenters. The second-order valence-corrected chi connectivity index (χ2v) is 7.94. The predicted molar refractivity (Wildman–Crippen MR) is 106 cm³/mol. The average Bonchev–Trinajstić information content (AvgIpc) is 3.44. The predicted octanol–water partition coefficient (Wildman–Crippen LogP) is 3.05. The van der Waals surface area contributed by atoms with Crippen molar-refractivity contribution in [2.24, 2.45) is 5.92 Å². The van der Waals surface area contributed by atoms with Crippen molar-refractivity contribution in [3.8, 4) is 0 Å². The second-order valence-electron chi connectivity index (χ2n) is 7.56. The lowest BCUT2D eigenvalue weighted by Gasteiger charge is -2.35. The Bertz CT molecular complexity index is 928. The molecule has 0 aromatic carbocycles. The molecular weight excluding hydrogens is 360 g/mol. The molecule has 1 aliphatic carbocycles. The highest BCUT2D eigenvalue weighted by Crippen LogP contribution is 2.33. The van der Waals surface area contributed by atoms with Gasteiger partial charge in [-0.1, -0.05) is 17.7 Å². The number of halogens is 1. The van der Waals surface area contributed by atoms with Crippen molar-refractivity contribution < 1.29 is 0 Å². The van der Waals surface area contributed by atoms with E-state index in [0.29, 0.717) is 0 Å². The number of piperazine rings is 1. The summed E-state index contributed by atoms with van der Waals surface area (Å²) < 4.78 is 2.06. The molecule has 0 atom stereocenters. The normalized spacial score (nSPS) is 18.3. The lowest BCUT2D eigenvalue weighted by molar-refractivity contribution is 0.249. The molecule has 0 amide bonds. The largest absolute Gasteiger partial charge is 0.354 e. The smallest absolute Gasteiger partial charge is 0.179 e. The summed E-state index contributed by atoms with van der Waals surface area (Å²) in [4.78, 5) is 9.24. The Morgan fingerprint density at radius 3 is 2.63 bits per heavy atom.